The van der Waals surface area contributed by atoms with Gasteiger partial charge in [0, 0.05) is 10.4 Å². The zero-order chi connectivity index (χ0) is 20.1. The molecule has 0 aliphatic carbocycles. The standard InChI is InChI=1S/C20H20N2O4S2/c1-3-26-16-11-9-15(10-12-16)19-14(2)27-20(22-19)21-18(23)13-28(24,25)17-7-5-4-6-8-17/h4-12H,3,13H2,1-2H3,(H,21,22,23). The molecule has 2 aromatic carbocycles. The van der Waals surface area contributed by atoms with Gasteiger partial charge in [-0.25, -0.2) is 13.4 Å². The highest BCUT2D eigenvalue weighted by atomic mass is 32.2. The van der Waals surface area contributed by atoms with E-state index in [1.165, 1.54) is 23.5 Å². The van der Waals surface area contributed by atoms with Crippen molar-refractivity contribution < 1.29 is 17.9 Å². The van der Waals surface area contributed by atoms with Crippen LogP contribution in [0.25, 0.3) is 11.3 Å². The zero-order valence-electron chi connectivity index (χ0n) is 15.5. The second-order valence-corrected chi connectivity index (χ2v) is 9.19. The van der Waals surface area contributed by atoms with E-state index in [2.05, 4.69) is 10.3 Å². The van der Waals surface area contributed by atoms with Gasteiger partial charge in [-0.2, -0.15) is 0 Å². The van der Waals surface area contributed by atoms with Crippen LogP contribution in [0.15, 0.2) is 59.5 Å². The molecule has 1 amide bonds. The fourth-order valence-electron chi connectivity index (χ4n) is 2.63. The van der Waals surface area contributed by atoms with Gasteiger partial charge in [0.25, 0.3) is 0 Å². The largest absolute Gasteiger partial charge is 0.494 e. The summed E-state index contributed by atoms with van der Waals surface area (Å²) < 4.78 is 30.1. The quantitative estimate of drug-likeness (QED) is 0.631. The van der Waals surface area contributed by atoms with Gasteiger partial charge in [0.15, 0.2) is 15.0 Å². The van der Waals surface area contributed by atoms with Gasteiger partial charge in [0.1, 0.15) is 11.5 Å². The average Bonchev–Trinajstić information content (AvgIpc) is 3.03. The van der Waals surface area contributed by atoms with Crippen molar-refractivity contribution in [2.45, 2.75) is 18.7 Å². The summed E-state index contributed by atoms with van der Waals surface area (Å²) >= 11 is 1.30. The van der Waals surface area contributed by atoms with Gasteiger partial charge >= 0.3 is 0 Å². The van der Waals surface area contributed by atoms with E-state index < -0.39 is 21.5 Å². The van der Waals surface area contributed by atoms with Crippen LogP contribution < -0.4 is 10.1 Å². The average molecular weight is 417 g/mol. The van der Waals surface area contributed by atoms with Crippen LogP contribution in [0.1, 0.15) is 11.8 Å². The Morgan fingerprint density at radius 3 is 2.43 bits per heavy atom. The van der Waals surface area contributed by atoms with Gasteiger partial charge in [0.05, 0.1) is 17.2 Å². The molecular formula is C20H20N2O4S2. The second-order valence-electron chi connectivity index (χ2n) is 6.00. The third-order valence-electron chi connectivity index (χ3n) is 3.91. The first-order valence-electron chi connectivity index (χ1n) is 8.67. The molecule has 1 N–H and O–H groups in total. The minimum atomic E-state index is -3.69. The van der Waals surface area contributed by atoms with Crippen molar-refractivity contribution in [3.05, 3.63) is 59.5 Å². The lowest BCUT2D eigenvalue weighted by Crippen LogP contribution is -2.22. The van der Waals surface area contributed by atoms with Crippen LogP contribution in [0.4, 0.5) is 5.13 Å². The van der Waals surface area contributed by atoms with Gasteiger partial charge < -0.3 is 10.1 Å². The minimum absolute atomic E-state index is 0.121. The Balaban J connectivity index is 1.72. The summed E-state index contributed by atoms with van der Waals surface area (Å²) in [7, 11) is -3.69. The number of carbonyl (C=O) groups excluding carboxylic acids is 1. The van der Waals surface area contributed by atoms with Gasteiger partial charge in [-0.3, -0.25) is 4.79 Å². The number of thiazole rings is 1. The summed E-state index contributed by atoms with van der Waals surface area (Å²) in [5.41, 5.74) is 1.64. The predicted octanol–water partition coefficient (Wildman–Crippen LogP) is 3.93. The maximum Gasteiger partial charge on any atom is 0.241 e. The summed E-state index contributed by atoms with van der Waals surface area (Å²) in [4.78, 5) is 17.7. The molecule has 0 radical (unpaired) electrons. The number of rotatable bonds is 7. The Morgan fingerprint density at radius 1 is 1.11 bits per heavy atom. The number of hydrogen-bond acceptors (Lipinski definition) is 6. The molecule has 0 atom stereocenters. The number of benzene rings is 2. The number of carbonyl (C=O) groups is 1. The number of amides is 1. The minimum Gasteiger partial charge on any atom is -0.494 e. The first kappa shape index (κ1) is 20.0. The number of sulfone groups is 1. The molecule has 0 spiro atoms. The fraction of sp³-hybridized carbons (Fsp3) is 0.200. The smallest absolute Gasteiger partial charge is 0.241 e. The van der Waals surface area contributed by atoms with Crippen LogP contribution in [-0.2, 0) is 14.6 Å². The number of anilines is 1. The highest BCUT2D eigenvalue weighted by Crippen LogP contribution is 2.31. The summed E-state index contributed by atoms with van der Waals surface area (Å²) in [5.74, 6) is -0.469. The van der Waals surface area contributed by atoms with Crippen molar-refractivity contribution in [1.82, 2.24) is 4.98 Å². The number of aryl methyl sites for hydroxylation is 1. The van der Waals surface area contributed by atoms with Crippen LogP contribution in [0, 0.1) is 6.92 Å². The van der Waals surface area contributed by atoms with E-state index in [0.29, 0.717) is 11.7 Å². The van der Waals surface area contributed by atoms with Crippen molar-refractivity contribution in [3.63, 3.8) is 0 Å². The van der Waals surface area contributed by atoms with E-state index in [9.17, 15) is 13.2 Å². The van der Waals surface area contributed by atoms with Crippen LogP contribution >= 0.6 is 11.3 Å². The lowest BCUT2D eigenvalue weighted by molar-refractivity contribution is -0.113. The molecule has 3 aromatic rings. The van der Waals surface area contributed by atoms with Crippen molar-refractivity contribution in [1.29, 1.82) is 0 Å². The summed E-state index contributed by atoms with van der Waals surface area (Å²) in [5, 5.41) is 2.97. The van der Waals surface area contributed by atoms with E-state index in [4.69, 9.17) is 4.74 Å². The van der Waals surface area contributed by atoms with E-state index in [-0.39, 0.29) is 4.90 Å². The molecule has 1 heterocycles. The van der Waals surface area contributed by atoms with Crippen molar-refractivity contribution in [2.75, 3.05) is 17.7 Å². The lowest BCUT2D eigenvalue weighted by Gasteiger charge is -2.04. The highest BCUT2D eigenvalue weighted by molar-refractivity contribution is 7.92. The zero-order valence-corrected chi connectivity index (χ0v) is 17.1. The maximum atomic E-state index is 12.3. The Labute approximate surface area is 168 Å². The molecule has 3 rings (SSSR count). The van der Waals surface area contributed by atoms with E-state index in [1.54, 1.807) is 18.2 Å². The van der Waals surface area contributed by atoms with Gasteiger partial charge in [-0.15, -0.1) is 11.3 Å². The summed E-state index contributed by atoms with van der Waals surface area (Å²) in [6.07, 6.45) is 0. The molecule has 8 heteroatoms. The van der Waals surface area contributed by atoms with Gasteiger partial charge in [-0.05, 0) is 50.2 Å². The molecule has 28 heavy (non-hydrogen) atoms. The Bertz CT molecular complexity index is 1060. The normalized spacial score (nSPS) is 11.2. The highest BCUT2D eigenvalue weighted by Gasteiger charge is 2.20. The molecule has 0 bridgehead atoms. The molecular weight excluding hydrogens is 396 g/mol. The number of nitrogens with zero attached hydrogens (tertiary/aromatic N) is 1. The first-order valence-corrected chi connectivity index (χ1v) is 11.1. The third kappa shape index (κ3) is 4.76. The second kappa shape index (κ2) is 8.53. The number of hydrogen-bond donors (Lipinski definition) is 1. The maximum absolute atomic E-state index is 12.3. The number of aromatic nitrogens is 1. The molecule has 6 nitrogen and oxygen atoms in total. The van der Waals surface area contributed by atoms with Crippen LogP contribution in [-0.4, -0.2) is 31.7 Å². The molecule has 0 aliphatic heterocycles. The Morgan fingerprint density at radius 2 is 1.79 bits per heavy atom. The van der Waals surface area contributed by atoms with E-state index in [1.807, 2.05) is 38.1 Å². The monoisotopic (exact) mass is 416 g/mol. The molecule has 0 saturated heterocycles. The van der Waals surface area contributed by atoms with Gasteiger partial charge in [0.2, 0.25) is 5.91 Å². The fourth-order valence-corrected chi connectivity index (χ4v) is 4.64. The predicted molar refractivity (Wildman–Crippen MR) is 111 cm³/mol. The van der Waals surface area contributed by atoms with Crippen molar-refractivity contribution >= 4 is 32.2 Å². The number of nitrogens with one attached hydrogen (secondary N) is 1. The molecule has 0 fully saturated rings. The van der Waals surface area contributed by atoms with Crippen molar-refractivity contribution in [3.8, 4) is 17.0 Å². The summed E-state index contributed by atoms with van der Waals surface area (Å²) in [6, 6.07) is 15.4. The molecule has 0 aliphatic rings. The molecule has 146 valence electrons. The number of ether oxygens (including phenoxy) is 1. The molecule has 0 saturated carbocycles. The Hall–Kier alpha value is -2.71. The van der Waals surface area contributed by atoms with E-state index >= 15 is 0 Å². The SMILES string of the molecule is CCOc1ccc(-c2nc(NC(=O)CS(=O)(=O)c3ccccc3)sc2C)cc1. The van der Waals surface area contributed by atoms with Crippen molar-refractivity contribution in [2.24, 2.45) is 0 Å². The Kier molecular flexibility index (Phi) is 6.11. The third-order valence-corrected chi connectivity index (χ3v) is 6.42. The first-order chi connectivity index (χ1) is 13.4. The molecule has 0 unspecified atom stereocenters. The van der Waals surface area contributed by atoms with Crippen LogP contribution in [0.3, 0.4) is 0 Å². The topological polar surface area (TPSA) is 85.4 Å². The molecule has 1 aromatic heterocycles. The van der Waals surface area contributed by atoms with E-state index in [0.717, 1.165) is 21.9 Å². The van der Waals surface area contributed by atoms with Crippen LogP contribution in [0.2, 0.25) is 0 Å². The van der Waals surface area contributed by atoms with Gasteiger partial charge in [-0.1, -0.05) is 18.2 Å². The summed E-state index contributed by atoms with van der Waals surface area (Å²) in [6.45, 7) is 4.42. The lowest BCUT2D eigenvalue weighted by atomic mass is 10.1. The van der Waals surface area contributed by atoms with Crippen LogP contribution in [0.5, 0.6) is 5.75 Å².